The summed E-state index contributed by atoms with van der Waals surface area (Å²) in [5.74, 6) is 0. The Morgan fingerprint density at radius 2 is 0.826 bits per heavy atom. The zero-order chi connectivity index (χ0) is 15.6. The average molecular weight is 367 g/mol. The van der Waals surface area contributed by atoms with Crippen LogP contribution in [0.5, 0.6) is 0 Å². The molecule has 118 valence electrons. The van der Waals surface area contributed by atoms with Crippen LogP contribution in [0.25, 0.3) is 0 Å². The smallest absolute Gasteiger partial charge is 0.199 e. The van der Waals surface area contributed by atoms with Gasteiger partial charge in [-0.2, -0.15) is 5.26 Å². The molecule has 0 aliphatic carbocycles. The Balaban J connectivity index is 0.000000615. The van der Waals surface area contributed by atoms with Crippen LogP contribution in [0.15, 0.2) is 91.0 Å². The Labute approximate surface area is 150 Å². The van der Waals surface area contributed by atoms with Crippen LogP contribution in [0.3, 0.4) is 0 Å². The van der Waals surface area contributed by atoms with Crippen LogP contribution in [-0.4, -0.2) is 0 Å². The Kier molecular flexibility index (Phi) is 8.96. The van der Waals surface area contributed by atoms with Crippen molar-refractivity contribution >= 4 is 23.8 Å². The van der Waals surface area contributed by atoms with E-state index in [4.69, 9.17) is 5.26 Å². The molecule has 0 fully saturated rings. The Morgan fingerprint density at radius 1 is 0.609 bits per heavy atom. The fraction of sp³-hybridized carbons (Fsp3) is 0.0500. The fourth-order valence-corrected chi connectivity index (χ4v) is 4.48. The van der Waals surface area contributed by atoms with Gasteiger partial charge in [-0.1, -0.05) is 91.0 Å². The van der Waals surface area contributed by atoms with E-state index in [-0.39, 0.29) is 17.1 Å². The van der Waals surface area contributed by atoms with Gasteiger partial charge in [0, 0.05) is 6.92 Å². The van der Waals surface area contributed by atoms with E-state index in [0.29, 0.717) is 0 Å². The van der Waals surface area contributed by atoms with Gasteiger partial charge in [0.25, 0.3) is 0 Å². The Morgan fingerprint density at radius 3 is 1.04 bits per heavy atom. The van der Waals surface area contributed by atoms with E-state index >= 15 is 0 Å². The van der Waals surface area contributed by atoms with Crippen LogP contribution in [-0.2, 0) is 17.1 Å². The molecular weight excluding hydrogens is 349 g/mol. The van der Waals surface area contributed by atoms with Gasteiger partial charge in [0.1, 0.15) is 0 Å². The molecule has 0 saturated carbocycles. The third-order valence-corrected chi connectivity index (χ3v) is 5.49. The second kappa shape index (κ2) is 10.8. The maximum absolute atomic E-state index is 7.32. The van der Waals surface area contributed by atoms with Gasteiger partial charge in [0.15, 0.2) is 0 Å². The summed E-state index contributed by atoms with van der Waals surface area (Å²) < 4.78 is 0. The molecule has 1 nitrogen and oxygen atoms in total. The number of hydrogen-bond donors (Lipinski definition) is 0. The normalized spacial score (nSPS) is 9.09. The second-order valence-electron chi connectivity index (χ2n) is 4.57. The van der Waals surface area contributed by atoms with E-state index in [2.05, 4.69) is 91.0 Å². The van der Waals surface area contributed by atoms with Crippen molar-refractivity contribution in [2.75, 3.05) is 0 Å². The first-order chi connectivity index (χ1) is 10.9. The molecule has 0 aliphatic rings. The SMILES string of the molecule is CC#N.[Cu+].c1ccc(P(c2ccccc2)c2ccccc2)cc1. The summed E-state index contributed by atoms with van der Waals surface area (Å²) in [6.45, 7) is 1.43. The molecule has 23 heavy (non-hydrogen) atoms. The van der Waals surface area contributed by atoms with Gasteiger partial charge in [-0.3, -0.25) is 0 Å². The molecule has 0 aliphatic heterocycles. The van der Waals surface area contributed by atoms with Gasteiger partial charge in [-0.25, -0.2) is 0 Å². The van der Waals surface area contributed by atoms with Gasteiger partial charge in [-0.05, 0) is 23.8 Å². The van der Waals surface area contributed by atoms with Crippen molar-refractivity contribution in [3.63, 3.8) is 0 Å². The van der Waals surface area contributed by atoms with Crippen molar-refractivity contribution in [1.29, 1.82) is 5.26 Å². The molecule has 3 heteroatoms. The summed E-state index contributed by atoms with van der Waals surface area (Å²) in [4.78, 5) is 0. The molecule has 3 rings (SSSR count). The fourth-order valence-electron chi connectivity index (χ4n) is 2.18. The molecule has 0 heterocycles. The summed E-state index contributed by atoms with van der Waals surface area (Å²) in [7, 11) is -0.446. The van der Waals surface area contributed by atoms with Gasteiger partial charge in [-0.15, -0.1) is 0 Å². The van der Waals surface area contributed by atoms with E-state index in [1.54, 1.807) is 6.07 Å². The summed E-state index contributed by atoms with van der Waals surface area (Å²) in [5, 5.41) is 11.5. The Hall–Kier alpha value is -1.90. The van der Waals surface area contributed by atoms with Crippen LogP contribution in [0.4, 0.5) is 0 Å². The first-order valence-electron chi connectivity index (χ1n) is 7.13. The average Bonchev–Trinajstić information content (AvgIpc) is 2.59. The zero-order valence-electron chi connectivity index (χ0n) is 12.9. The minimum atomic E-state index is -0.446. The molecule has 0 aromatic heterocycles. The first kappa shape index (κ1) is 19.1. The molecule has 0 atom stereocenters. The third-order valence-electron chi connectivity index (χ3n) is 3.04. The summed E-state index contributed by atoms with van der Waals surface area (Å²) in [6, 6.07) is 34.1. The molecule has 0 bridgehead atoms. The standard InChI is InChI=1S/C18H15P.C2H3N.Cu/c1-4-10-16(11-5-1)19(17-12-6-2-7-13-17)18-14-8-3-9-15-18;1-2-3;/h1-15H;1H3;/q;;+1. The van der Waals surface area contributed by atoms with Crippen LogP contribution in [0.1, 0.15) is 6.92 Å². The quantitative estimate of drug-likeness (QED) is 0.508. The van der Waals surface area contributed by atoms with Crippen LogP contribution < -0.4 is 15.9 Å². The van der Waals surface area contributed by atoms with E-state index in [0.717, 1.165) is 0 Å². The van der Waals surface area contributed by atoms with E-state index in [1.165, 1.54) is 22.8 Å². The topological polar surface area (TPSA) is 23.8 Å². The maximum Gasteiger partial charge on any atom is 1.00 e. The Bertz CT molecular complexity index is 615. The molecule has 0 amide bonds. The predicted octanol–water partition coefficient (Wildman–Crippen LogP) is 3.97. The van der Waals surface area contributed by atoms with Crippen LogP contribution in [0.2, 0.25) is 0 Å². The monoisotopic (exact) mass is 366 g/mol. The van der Waals surface area contributed by atoms with Crippen molar-refractivity contribution in [3.05, 3.63) is 91.0 Å². The number of benzene rings is 3. The zero-order valence-corrected chi connectivity index (χ0v) is 14.7. The van der Waals surface area contributed by atoms with Gasteiger partial charge in [0.2, 0.25) is 0 Å². The summed E-state index contributed by atoms with van der Waals surface area (Å²) in [6.07, 6.45) is 0. The van der Waals surface area contributed by atoms with Crippen molar-refractivity contribution < 1.29 is 17.1 Å². The molecular formula is C20H18CuNP+. The molecule has 0 unspecified atom stereocenters. The van der Waals surface area contributed by atoms with Crippen molar-refractivity contribution in [2.24, 2.45) is 0 Å². The minimum absolute atomic E-state index is 0. The minimum Gasteiger partial charge on any atom is -0.199 e. The first-order valence-corrected chi connectivity index (χ1v) is 8.47. The predicted molar refractivity (Wildman–Crippen MR) is 96.4 cm³/mol. The molecule has 3 aromatic rings. The van der Waals surface area contributed by atoms with Crippen LogP contribution >= 0.6 is 7.92 Å². The largest absolute Gasteiger partial charge is 1.00 e. The number of hydrogen-bond acceptors (Lipinski definition) is 1. The maximum atomic E-state index is 7.32. The van der Waals surface area contributed by atoms with E-state index in [1.807, 2.05) is 0 Å². The number of nitriles is 1. The summed E-state index contributed by atoms with van der Waals surface area (Å²) >= 11 is 0. The van der Waals surface area contributed by atoms with Gasteiger partial charge < -0.3 is 0 Å². The second-order valence-corrected chi connectivity index (χ2v) is 6.79. The summed E-state index contributed by atoms with van der Waals surface area (Å²) in [5.41, 5.74) is 0. The van der Waals surface area contributed by atoms with Crippen molar-refractivity contribution in [3.8, 4) is 6.07 Å². The molecule has 3 aromatic carbocycles. The number of nitrogens with zero attached hydrogens (tertiary/aromatic N) is 1. The molecule has 0 radical (unpaired) electrons. The van der Waals surface area contributed by atoms with E-state index in [9.17, 15) is 0 Å². The van der Waals surface area contributed by atoms with Crippen molar-refractivity contribution in [1.82, 2.24) is 0 Å². The van der Waals surface area contributed by atoms with Gasteiger partial charge >= 0.3 is 17.1 Å². The van der Waals surface area contributed by atoms with Crippen molar-refractivity contribution in [2.45, 2.75) is 6.92 Å². The molecule has 0 saturated heterocycles. The third kappa shape index (κ3) is 5.66. The van der Waals surface area contributed by atoms with Gasteiger partial charge in [0.05, 0.1) is 6.07 Å². The molecule has 0 N–H and O–H groups in total. The van der Waals surface area contributed by atoms with E-state index < -0.39 is 7.92 Å². The van der Waals surface area contributed by atoms with Crippen LogP contribution in [0, 0.1) is 11.3 Å². The number of rotatable bonds is 3. The molecule has 0 spiro atoms.